The number of hydrogen-bond acceptors (Lipinski definition) is 8. The molecule has 2 N–H and O–H groups in total. The number of urea groups is 1. The van der Waals surface area contributed by atoms with Crippen LogP contribution in [0.25, 0.3) is 10.9 Å². The summed E-state index contributed by atoms with van der Waals surface area (Å²) in [6.07, 6.45) is -0.617. The van der Waals surface area contributed by atoms with Crippen LogP contribution >= 0.6 is 11.6 Å². The number of rotatable bonds is 4. The predicted octanol–water partition coefficient (Wildman–Crippen LogP) is 2.53. The Labute approximate surface area is 209 Å². The van der Waals surface area contributed by atoms with Gasteiger partial charge in [0, 0.05) is 30.7 Å². The standard InChI is InChI=1S/C23H20ClN7O5/c1-28-18-20(26-19(28)17(27-36)15-7-3-4-9-25-15)29(2)22(33)30(21(18)32)11-12-10-13-14(24)6-5-8-16(13)31(12)23(34)35/h3-10,18,20,36H,11H2,1-2H3,(H,34,35). The topological polar surface area (TPSA) is 144 Å². The van der Waals surface area contributed by atoms with E-state index in [-0.39, 0.29) is 23.8 Å². The molecular formula is C23H20ClN7O5. The van der Waals surface area contributed by atoms with E-state index in [9.17, 15) is 24.7 Å². The fraction of sp³-hybridized carbons (Fsp3) is 0.217. The number of halogens is 1. The number of amidine groups is 1. The Balaban J connectivity index is 1.51. The summed E-state index contributed by atoms with van der Waals surface area (Å²) in [5.74, 6) is -0.386. The van der Waals surface area contributed by atoms with E-state index in [0.717, 1.165) is 9.47 Å². The van der Waals surface area contributed by atoms with Gasteiger partial charge < -0.3 is 20.1 Å². The van der Waals surface area contributed by atoms with Crippen LogP contribution in [0.4, 0.5) is 9.59 Å². The lowest BCUT2D eigenvalue weighted by molar-refractivity contribution is -0.137. The molecule has 0 aliphatic carbocycles. The molecule has 0 bridgehead atoms. The Kier molecular flexibility index (Phi) is 5.59. The number of carboxylic acid groups (broad SMARTS) is 1. The summed E-state index contributed by atoms with van der Waals surface area (Å²) in [5.41, 5.74) is 0.932. The van der Waals surface area contributed by atoms with Gasteiger partial charge in [0.25, 0.3) is 5.91 Å². The molecule has 13 heteroatoms. The summed E-state index contributed by atoms with van der Waals surface area (Å²) in [6.45, 7) is -0.299. The van der Waals surface area contributed by atoms with Crippen molar-refractivity contribution in [3.8, 4) is 0 Å². The fourth-order valence-electron chi connectivity index (χ4n) is 4.61. The van der Waals surface area contributed by atoms with Crippen molar-refractivity contribution >= 4 is 52.1 Å². The molecule has 0 radical (unpaired) electrons. The van der Waals surface area contributed by atoms with Crippen molar-refractivity contribution in [3.63, 3.8) is 0 Å². The Morgan fingerprint density at radius 1 is 1.14 bits per heavy atom. The molecule has 3 amide bonds. The van der Waals surface area contributed by atoms with Crippen molar-refractivity contribution in [3.05, 3.63) is 65.1 Å². The van der Waals surface area contributed by atoms with Crippen LogP contribution in [0.3, 0.4) is 0 Å². The molecule has 2 atom stereocenters. The zero-order valence-electron chi connectivity index (χ0n) is 19.1. The lowest BCUT2D eigenvalue weighted by Crippen LogP contribution is -2.64. The lowest BCUT2D eigenvalue weighted by atomic mass is 10.1. The third-order valence-electron chi connectivity index (χ3n) is 6.34. The molecule has 2 aromatic heterocycles. The number of oxime groups is 1. The molecule has 3 aromatic rings. The second-order valence-corrected chi connectivity index (χ2v) is 8.74. The molecule has 4 heterocycles. The smallest absolute Gasteiger partial charge is 0.416 e. The third-order valence-corrected chi connectivity index (χ3v) is 6.67. The minimum Gasteiger partial charge on any atom is -0.464 e. The molecule has 5 rings (SSSR count). The van der Waals surface area contributed by atoms with Crippen LogP contribution in [-0.4, -0.2) is 90.4 Å². The molecule has 36 heavy (non-hydrogen) atoms. The van der Waals surface area contributed by atoms with E-state index in [0.29, 0.717) is 21.6 Å². The number of imide groups is 1. The van der Waals surface area contributed by atoms with E-state index in [4.69, 9.17) is 11.6 Å². The summed E-state index contributed by atoms with van der Waals surface area (Å²) in [5, 5.41) is 23.7. The van der Waals surface area contributed by atoms with Gasteiger partial charge >= 0.3 is 12.1 Å². The molecular weight excluding hydrogens is 490 g/mol. The van der Waals surface area contributed by atoms with Gasteiger partial charge in [-0.05, 0) is 30.3 Å². The van der Waals surface area contributed by atoms with Crippen molar-refractivity contribution in [2.75, 3.05) is 14.1 Å². The Morgan fingerprint density at radius 3 is 2.58 bits per heavy atom. The predicted molar refractivity (Wildman–Crippen MR) is 129 cm³/mol. The molecule has 184 valence electrons. The first kappa shape index (κ1) is 23.3. The van der Waals surface area contributed by atoms with Gasteiger partial charge in [0.05, 0.1) is 23.4 Å². The third kappa shape index (κ3) is 3.45. The second kappa shape index (κ2) is 8.64. The van der Waals surface area contributed by atoms with Gasteiger partial charge in [-0.25, -0.2) is 19.1 Å². The van der Waals surface area contributed by atoms with Crippen molar-refractivity contribution in [1.29, 1.82) is 0 Å². The average Bonchev–Trinajstić information content (AvgIpc) is 3.41. The number of nitrogens with zero attached hydrogens (tertiary/aromatic N) is 7. The minimum absolute atomic E-state index is 0.0494. The molecule has 1 aromatic carbocycles. The highest BCUT2D eigenvalue weighted by Gasteiger charge is 2.52. The number of aromatic nitrogens is 2. The van der Waals surface area contributed by atoms with Gasteiger partial charge in [-0.1, -0.05) is 28.9 Å². The van der Waals surface area contributed by atoms with Crippen molar-refractivity contribution in [1.82, 2.24) is 24.3 Å². The number of amides is 3. The van der Waals surface area contributed by atoms with E-state index in [1.807, 2.05) is 0 Å². The van der Waals surface area contributed by atoms with Gasteiger partial charge in [0.1, 0.15) is 0 Å². The van der Waals surface area contributed by atoms with Gasteiger partial charge in [-0.3, -0.25) is 14.7 Å². The summed E-state index contributed by atoms with van der Waals surface area (Å²) >= 11 is 6.25. The Bertz CT molecular complexity index is 1470. The van der Waals surface area contributed by atoms with Crippen molar-refractivity contribution in [2.24, 2.45) is 10.1 Å². The zero-order chi connectivity index (χ0) is 25.7. The summed E-state index contributed by atoms with van der Waals surface area (Å²) in [7, 11) is 3.10. The maximum absolute atomic E-state index is 13.6. The Morgan fingerprint density at radius 2 is 1.92 bits per heavy atom. The first-order valence-electron chi connectivity index (χ1n) is 10.8. The van der Waals surface area contributed by atoms with E-state index < -0.39 is 30.2 Å². The first-order chi connectivity index (χ1) is 17.2. The number of fused-ring (bicyclic) bond motifs is 2. The maximum atomic E-state index is 13.6. The first-order valence-corrected chi connectivity index (χ1v) is 11.2. The highest BCUT2D eigenvalue weighted by molar-refractivity contribution is 6.47. The summed E-state index contributed by atoms with van der Waals surface area (Å²) < 4.78 is 1.01. The van der Waals surface area contributed by atoms with Crippen LogP contribution in [0.1, 0.15) is 11.4 Å². The van der Waals surface area contributed by atoms with E-state index in [1.165, 1.54) is 23.0 Å². The van der Waals surface area contributed by atoms with E-state index in [1.54, 1.807) is 49.5 Å². The van der Waals surface area contributed by atoms with Gasteiger partial charge in [0.2, 0.25) is 0 Å². The SMILES string of the molecule is CN1C(=O)N(Cc2cc3c(Cl)cccc3n2C(=O)O)C(=O)C2C1N=C(C(=NO)c1ccccn1)N2C. The number of carbonyl (C=O) groups is 3. The van der Waals surface area contributed by atoms with Crippen LogP contribution in [0.2, 0.25) is 5.02 Å². The fourth-order valence-corrected chi connectivity index (χ4v) is 4.83. The summed E-state index contributed by atoms with van der Waals surface area (Å²) in [6, 6.07) is 9.88. The van der Waals surface area contributed by atoms with Crippen LogP contribution in [0.15, 0.2) is 58.8 Å². The van der Waals surface area contributed by atoms with Crippen LogP contribution < -0.4 is 0 Å². The molecule has 2 aliphatic rings. The number of pyridine rings is 1. The van der Waals surface area contributed by atoms with Crippen LogP contribution in [0.5, 0.6) is 0 Å². The minimum atomic E-state index is -1.27. The van der Waals surface area contributed by atoms with E-state index in [2.05, 4.69) is 15.1 Å². The normalized spacial score (nSPS) is 20.2. The highest BCUT2D eigenvalue weighted by Crippen LogP contribution is 2.31. The van der Waals surface area contributed by atoms with E-state index >= 15 is 0 Å². The van der Waals surface area contributed by atoms with Crippen molar-refractivity contribution < 1.29 is 24.7 Å². The number of likely N-dealkylation sites (N-methyl/N-ethyl adjacent to an activating group) is 2. The van der Waals surface area contributed by atoms with Gasteiger partial charge in [-0.2, -0.15) is 0 Å². The molecule has 1 fully saturated rings. The highest BCUT2D eigenvalue weighted by atomic mass is 35.5. The number of aliphatic imine (C=N–C) groups is 1. The maximum Gasteiger partial charge on any atom is 0.416 e. The van der Waals surface area contributed by atoms with Gasteiger partial charge in [0.15, 0.2) is 23.8 Å². The number of carbonyl (C=O) groups excluding carboxylic acids is 2. The lowest BCUT2D eigenvalue weighted by Gasteiger charge is -2.40. The molecule has 2 unspecified atom stereocenters. The quantitative estimate of drug-likeness (QED) is 0.312. The monoisotopic (exact) mass is 509 g/mol. The molecule has 12 nitrogen and oxygen atoms in total. The Hall–Kier alpha value is -4.45. The molecule has 1 saturated heterocycles. The second-order valence-electron chi connectivity index (χ2n) is 8.33. The number of benzene rings is 1. The summed E-state index contributed by atoms with van der Waals surface area (Å²) in [4.78, 5) is 51.4. The largest absolute Gasteiger partial charge is 0.464 e. The average molecular weight is 510 g/mol. The molecule has 2 aliphatic heterocycles. The molecule has 0 saturated carbocycles. The zero-order valence-corrected chi connectivity index (χ0v) is 19.9. The van der Waals surface area contributed by atoms with Crippen LogP contribution in [0, 0.1) is 0 Å². The molecule has 0 spiro atoms. The van der Waals surface area contributed by atoms with Gasteiger partial charge in [-0.15, -0.1) is 0 Å². The number of hydrogen-bond donors (Lipinski definition) is 2. The van der Waals surface area contributed by atoms with Crippen molar-refractivity contribution in [2.45, 2.75) is 18.8 Å². The van der Waals surface area contributed by atoms with Crippen LogP contribution in [-0.2, 0) is 11.3 Å².